The topological polar surface area (TPSA) is 37.3 Å². The van der Waals surface area contributed by atoms with Gasteiger partial charge >= 0.3 is 0 Å². The molecule has 2 N–H and O–H groups in total. The highest BCUT2D eigenvalue weighted by molar-refractivity contribution is 5.82. The number of hydrogen-bond acceptors (Lipinski definition) is 1. The van der Waals surface area contributed by atoms with Crippen LogP contribution in [0.4, 0.5) is 0 Å². The Labute approximate surface area is 141 Å². The van der Waals surface area contributed by atoms with Gasteiger partial charge in [-0.1, -0.05) is 36.4 Å². The van der Waals surface area contributed by atoms with E-state index in [9.17, 15) is 4.79 Å². The lowest BCUT2D eigenvalue weighted by Gasteiger charge is -2.26. The Morgan fingerprint density at radius 3 is 2.67 bits per heavy atom. The third-order valence-corrected chi connectivity index (χ3v) is 5.29. The number of rotatable bonds is 2. The van der Waals surface area contributed by atoms with Crippen LogP contribution in [0.5, 0.6) is 0 Å². The fourth-order valence-corrected chi connectivity index (χ4v) is 3.88. The van der Waals surface area contributed by atoms with Crippen LogP contribution in [0.2, 0.25) is 0 Å². The first-order valence-electron chi connectivity index (χ1n) is 8.65. The van der Waals surface area contributed by atoms with Crippen molar-refractivity contribution in [3.63, 3.8) is 0 Å². The zero-order valence-corrected chi connectivity index (χ0v) is 14.3. The molecule has 2 heterocycles. The summed E-state index contributed by atoms with van der Waals surface area (Å²) >= 11 is 0. The monoisotopic (exact) mass is 319 g/mol. The van der Waals surface area contributed by atoms with Crippen LogP contribution in [0.1, 0.15) is 27.9 Å². The molecule has 0 amide bonds. The number of quaternary nitrogens is 1. The van der Waals surface area contributed by atoms with Gasteiger partial charge in [-0.15, -0.1) is 0 Å². The van der Waals surface area contributed by atoms with Gasteiger partial charge in [0, 0.05) is 23.1 Å². The molecule has 2 aromatic carbocycles. The molecule has 0 aliphatic carbocycles. The van der Waals surface area contributed by atoms with E-state index in [4.69, 9.17) is 0 Å². The normalized spacial score (nSPS) is 17.0. The summed E-state index contributed by atoms with van der Waals surface area (Å²) in [6.07, 6.45) is 1.09. The maximum Gasteiger partial charge on any atom is 0.198 e. The third-order valence-electron chi connectivity index (χ3n) is 5.29. The summed E-state index contributed by atoms with van der Waals surface area (Å²) in [5.41, 5.74) is 7.11. The highest BCUT2D eigenvalue weighted by atomic mass is 16.1. The van der Waals surface area contributed by atoms with Crippen LogP contribution in [0.25, 0.3) is 10.9 Å². The van der Waals surface area contributed by atoms with Crippen LogP contribution in [-0.2, 0) is 19.5 Å². The number of aryl methyl sites for hydroxylation is 2. The number of H-pyrrole nitrogens is 1. The molecule has 3 aromatic rings. The number of para-hydroxylation sites is 1. The first-order valence-corrected chi connectivity index (χ1v) is 8.65. The zero-order chi connectivity index (χ0) is 16.7. The molecule has 3 nitrogen and oxygen atoms in total. The summed E-state index contributed by atoms with van der Waals surface area (Å²) in [4.78, 5) is 17.9. The first-order chi connectivity index (χ1) is 11.6. The van der Waals surface area contributed by atoms with E-state index in [-0.39, 0.29) is 5.43 Å². The molecule has 1 aliphatic rings. The largest absolute Gasteiger partial charge is 0.358 e. The Morgan fingerprint density at radius 2 is 1.83 bits per heavy atom. The molecule has 0 saturated heterocycles. The standard InChI is InChI=1S/C21H22N2O/c1-14-6-5-9-18-20(14)22-15(2)19(21(18)24)13-23-11-10-16-7-3-4-8-17(16)12-23/h3-9H,10-13H2,1-2H3,(H,22,24)/p+1. The number of nitrogens with one attached hydrogen (secondary N) is 2. The Hall–Kier alpha value is -2.39. The van der Waals surface area contributed by atoms with Gasteiger partial charge in [-0.25, -0.2) is 0 Å². The molecule has 0 bridgehead atoms. The SMILES string of the molecule is Cc1[nH]c2c(C)cccc2c(=O)c1C[NH+]1CCc2ccccc2C1. The van der Waals surface area contributed by atoms with Gasteiger partial charge in [0.05, 0.1) is 17.6 Å². The number of fused-ring (bicyclic) bond motifs is 2. The lowest BCUT2D eigenvalue weighted by molar-refractivity contribution is -0.929. The van der Waals surface area contributed by atoms with Gasteiger partial charge in [-0.05, 0) is 31.0 Å². The number of aromatic amines is 1. The van der Waals surface area contributed by atoms with Crippen LogP contribution >= 0.6 is 0 Å². The van der Waals surface area contributed by atoms with Gasteiger partial charge in [0.2, 0.25) is 0 Å². The summed E-state index contributed by atoms with van der Waals surface area (Å²) in [5.74, 6) is 0. The highest BCUT2D eigenvalue weighted by Gasteiger charge is 2.22. The Morgan fingerprint density at radius 1 is 1.04 bits per heavy atom. The number of pyridine rings is 1. The van der Waals surface area contributed by atoms with E-state index in [1.54, 1.807) is 0 Å². The zero-order valence-electron chi connectivity index (χ0n) is 14.3. The van der Waals surface area contributed by atoms with E-state index < -0.39 is 0 Å². The summed E-state index contributed by atoms with van der Waals surface area (Å²) < 4.78 is 0. The predicted octanol–water partition coefficient (Wildman–Crippen LogP) is 2.29. The van der Waals surface area contributed by atoms with Gasteiger partial charge < -0.3 is 9.88 Å². The van der Waals surface area contributed by atoms with Crippen LogP contribution in [0.15, 0.2) is 47.3 Å². The van der Waals surface area contributed by atoms with E-state index in [1.165, 1.54) is 16.0 Å². The average Bonchev–Trinajstić information content (AvgIpc) is 2.59. The molecule has 0 spiro atoms. The summed E-state index contributed by atoms with van der Waals surface area (Å²) in [5, 5.41) is 0.812. The predicted molar refractivity (Wildman–Crippen MR) is 97.4 cm³/mol. The van der Waals surface area contributed by atoms with E-state index >= 15 is 0 Å². The fourth-order valence-electron chi connectivity index (χ4n) is 3.88. The van der Waals surface area contributed by atoms with Crippen LogP contribution < -0.4 is 10.3 Å². The van der Waals surface area contributed by atoms with Gasteiger partial charge in [0.25, 0.3) is 0 Å². The van der Waals surface area contributed by atoms with Crippen molar-refractivity contribution in [2.24, 2.45) is 0 Å². The Bertz CT molecular complexity index is 971. The molecular formula is C21H23N2O+. The number of aromatic nitrogens is 1. The van der Waals surface area contributed by atoms with Crippen molar-refractivity contribution in [3.8, 4) is 0 Å². The molecule has 1 aliphatic heterocycles. The second kappa shape index (κ2) is 5.91. The minimum atomic E-state index is 0.191. The van der Waals surface area contributed by atoms with Crippen molar-refractivity contribution in [3.05, 3.63) is 80.6 Å². The molecule has 1 aromatic heterocycles. The minimum Gasteiger partial charge on any atom is -0.358 e. The van der Waals surface area contributed by atoms with Crippen molar-refractivity contribution < 1.29 is 4.90 Å². The van der Waals surface area contributed by atoms with E-state index in [0.717, 1.165) is 53.8 Å². The van der Waals surface area contributed by atoms with Crippen molar-refractivity contribution in [2.45, 2.75) is 33.4 Å². The van der Waals surface area contributed by atoms with Crippen LogP contribution in [0, 0.1) is 13.8 Å². The van der Waals surface area contributed by atoms with E-state index in [2.05, 4.69) is 29.2 Å². The summed E-state index contributed by atoms with van der Waals surface area (Å²) in [6.45, 7) is 6.95. The molecular weight excluding hydrogens is 296 g/mol. The summed E-state index contributed by atoms with van der Waals surface area (Å²) in [6, 6.07) is 14.6. The van der Waals surface area contributed by atoms with Gasteiger partial charge in [-0.2, -0.15) is 0 Å². The molecule has 122 valence electrons. The number of hydrogen-bond donors (Lipinski definition) is 2. The van der Waals surface area contributed by atoms with Gasteiger partial charge in [0.15, 0.2) is 5.43 Å². The molecule has 0 fully saturated rings. The second-order valence-corrected chi connectivity index (χ2v) is 6.93. The molecule has 0 saturated carbocycles. The molecule has 1 atom stereocenters. The lowest BCUT2D eigenvalue weighted by Crippen LogP contribution is -3.10. The van der Waals surface area contributed by atoms with Crippen molar-refractivity contribution >= 4 is 10.9 Å². The van der Waals surface area contributed by atoms with Crippen LogP contribution in [-0.4, -0.2) is 11.5 Å². The van der Waals surface area contributed by atoms with Crippen molar-refractivity contribution in [2.75, 3.05) is 6.54 Å². The fraction of sp³-hybridized carbons (Fsp3) is 0.286. The third kappa shape index (κ3) is 2.55. The highest BCUT2D eigenvalue weighted by Crippen LogP contribution is 2.15. The average molecular weight is 319 g/mol. The molecule has 4 rings (SSSR count). The van der Waals surface area contributed by atoms with E-state index in [1.807, 2.05) is 32.0 Å². The maximum atomic E-state index is 13.0. The molecule has 24 heavy (non-hydrogen) atoms. The van der Waals surface area contributed by atoms with Gasteiger partial charge in [0.1, 0.15) is 13.1 Å². The Balaban J connectivity index is 1.70. The Kier molecular flexibility index (Phi) is 3.73. The van der Waals surface area contributed by atoms with Crippen LogP contribution in [0.3, 0.4) is 0 Å². The molecule has 3 heteroatoms. The number of benzene rings is 2. The van der Waals surface area contributed by atoms with Crippen molar-refractivity contribution in [1.29, 1.82) is 0 Å². The van der Waals surface area contributed by atoms with Gasteiger partial charge in [-0.3, -0.25) is 4.79 Å². The molecule has 1 unspecified atom stereocenters. The lowest BCUT2D eigenvalue weighted by atomic mass is 9.99. The van der Waals surface area contributed by atoms with Crippen molar-refractivity contribution in [1.82, 2.24) is 4.98 Å². The minimum absolute atomic E-state index is 0.191. The quantitative estimate of drug-likeness (QED) is 0.747. The first kappa shape index (κ1) is 15.2. The summed E-state index contributed by atoms with van der Waals surface area (Å²) in [7, 11) is 0. The smallest absolute Gasteiger partial charge is 0.198 e. The van der Waals surface area contributed by atoms with E-state index in [0.29, 0.717) is 0 Å². The molecule has 0 radical (unpaired) electrons. The second-order valence-electron chi connectivity index (χ2n) is 6.93. The maximum absolute atomic E-state index is 13.0.